The number of oxime groups is 2. The minimum absolute atomic E-state index is 0.00623. The van der Waals surface area contributed by atoms with E-state index in [1.54, 1.807) is 13.0 Å². The highest BCUT2D eigenvalue weighted by atomic mass is 35.5. The molecule has 2 aliphatic rings. The average molecular weight is 723 g/mol. The predicted molar refractivity (Wildman–Crippen MR) is 189 cm³/mol. The van der Waals surface area contributed by atoms with Crippen LogP contribution in [0.2, 0.25) is 0 Å². The summed E-state index contributed by atoms with van der Waals surface area (Å²) in [7, 11) is -2.02. The van der Waals surface area contributed by atoms with Gasteiger partial charge in [-0.2, -0.15) is 11.8 Å². The van der Waals surface area contributed by atoms with Crippen molar-refractivity contribution in [2.24, 2.45) is 23.3 Å². The molecule has 4 rings (SSSR count). The van der Waals surface area contributed by atoms with Gasteiger partial charge < -0.3 is 19.9 Å². The lowest BCUT2D eigenvalue weighted by Gasteiger charge is -2.25. The van der Waals surface area contributed by atoms with Crippen molar-refractivity contribution < 1.29 is 32.8 Å². The van der Waals surface area contributed by atoms with E-state index < -0.39 is 21.2 Å². The first-order valence-electron chi connectivity index (χ1n) is 15.6. The fourth-order valence-corrected chi connectivity index (χ4v) is 7.63. The normalized spacial score (nSPS) is 17.6. The Kier molecular flexibility index (Phi) is 14.3. The van der Waals surface area contributed by atoms with Crippen molar-refractivity contribution in [2.75, 3.05) is 25.2 Å². The van der Waals surface area contributed by atoms with Crippen molar-refractivity contribution in [3.63, 3.8) is 0 Å². The number of halogens is 1. The molecule has 0 saturated carbocycles. The number of hydrogen-bond donors (Lipinski definition) is 2. The lowest BCUT2D eigenvalue weighted by Crippen LogP contribution is -2.26. The Bertz CT molecular complexity index is 1790. The number of allylic oxidation sites excluding steroid dienone is 2. The van der Waals surface area contributed by atoms with E-state index in [1.165, 1.54) is 35.6 Å². The number of sulfone groups is 1. The highest BCUT2D eigenvalue weighted by Gasteiger charge is 2.31. The smallest absolute Gasteiger partial charge is 0.277 e. The number of aromatic nitrogens is 2. The van der Waals surface area contributed by atoms with Crippen LogP contribution in [-0.4, -0.2) is 76.8 Å². The first-order valence-corrected chi connectivity index (χ1v) is 19.0. The number of aromatic amines is 1. The van der Waals surface area contributed by atoms with E-state index in [4.69, 9.17) is 21.3 Å². The average Bonchev–Trinajstić information content (AvgIpc) is 3.67. The molecular weight excluding hydrogens is 680 g/mol. The number of thioether (sulfide) groups is 1. The maximum absolute atomic E-state index is 12.8. The van der Waals surface area contributed by atoms with E-state index in [-0.39, 0.29) is 40.1 Å². The second kappa shape index (κ2) is 17.7. The van der Waals surface area contributed by atoms with Gasteiger partial charge in [0.2, 0.25) is 0 Å². The third kappa shape index (κ3) is 9.73. The number of benzene rings is 1. The summed E-state index contributed by atoms with van der Waals surface area (Å²) in [5.74, 6) is 0.913. The molecule has 2 atom stereocenters. The lowest BCUT2D eigenvalue weighted by atomic mass is 9.82. The summed E-state index contributed by atoms with van der Waals surface area (Å²) in [5.41, 5.74) is 3.32. The SMILES string of the molecule is CCSC(C)CC1CC(=O)C(/C(CC)=N/OC/C=C/Cl)=C(O)C1.Cc1c(C(=O)c2c[nH]n(C)c2=O)ccc(S(C)(=O)=O)c1C1=NOCC1. The molecule has 1 aromatic carbocycles. The van der Waals surface area contributed by atoms with Gasteiger partial charge in [-0.25, -0.2) is 8.42 Å². The van der Waals surface area contributed by atoms with Crippen LogP contribution in [0.15, 0.2) is 61.3 Å². The summed E-state index contributed by atoms with van der Waals surface area (Å²) in [4.78, 5) is 47.5. The number of carbonyl (C=O) groups is 2. The van der Waals surface area contributed by atoms with Crippen molar-refractivity contribution in [2.45, 2.75) is 69.9 Å². The molecule has 0 fully saturated rings. The molecular formula is C33H43ClN4O8S2. The number of rotatable bonds is 13. The maximum atomic E-state index is 12.8. The Balaban J connectivity index is 0.000000262. The summed E-state index contributed by atoms with van der Waals surface area (Å²) in [6, 6.07) is 2.81. The molecule has 2 unspecified atom stereocenters. The van der Waals surface area contributed by atoms with Gasteiger partial charge in [0.1, 0.15) is 24.5 Å². The van der Waals surface area contributed by atoms with Crippen LogP contribution in [0, 0.1) is 12.8 Å². The molecule has 0 spiro atoms. The van der Waals surface area contributed by atoms with Crippen molar-refractivity contribution in [3.05, 3.63) is 73.9 Å². The van der Waals surface area contributed by atoms with E-state index in [9.17, 15) is 27.9 Å². The van der Waals surface area contributed by atoms with Crippen LogP contribution in [-0.2, 0) is 31.4 Å². The van der Waals surface area contributed by atoms with E-state index >= 15 is 0 Å². The molecule has 12 nitrogen and oxygen atoms in total. The van der Waals surface area contributed by atoms with E-state index in [0.717, 1.165) is 18.4 Å². The largest absolute Gasteiger partial charge is 0.511 e. The van der Waals surface area contributed by atoms with Gasteiger partial charge in [0.25, 0.3) is 5.56 Å². The van der Waals surface area contributed by atoms with Gasteiger partial charge in [0.15, 0.2) is 21.4 Å². The molecule has 2 heterocycles. The summed E-state index contributed by atoms with van der Waals surface area (Å²) in [6.07, 6.45) is 6.98. The molecule has 0 bridgehead atoms. The zero-order valence-corrected chi connectivity index (χ0v) is 30.4. The topological polar surface area (TPSA) is 169 Å². The zero-order valence-electron chi connectivity index (χ0n) is 28.0. The number of nitrogens with zero attached hydrogens (tertiary/aromatic N) is 3. The second-order valence-corrected chi connectivity index (χ2v) is 15.4. The van der Waals surface area contributed by atoms with Crippen LogP contribution >= 0.6 is 23.4 Å². The van der Waals surface area contributed by atoms with Crippen LogP contribution in [0.1, 0.15) is 79.9 Å². The first kappa shape index (κ1) is 38.8. The Morgan fingerprint density at radius 3 is 2.56 bits per heavy atom. The summed E-state index contributed by atoms with van der Waals surface area (Å²) in [5, 5.41) is 21.4. The number of aliphatic hydroxyl groups excluding tert-OH is 1. The van der Waals surface area contributed by atoms with E-state index in [2.05, 4.69) is 29.3 Å². The van der Waals surface area contributed by atoms with Crippen LogP contribution in [0.5, 0.6) is 0 Å². The molecule has 15 heteroatoms. The van der Waals surface area contributed by atoms with Crippen molar-refractivity contribution in [1.82, 2.24) is 9.78 Å². The van der Waals surface area contributed by atoms with Crippen molar-refractivity contribution >= 4 is 56.2 Å². The van der Waals surface area contributed by atoms with Crippen LogP contribution in [0.4, 0.5) is 0 Å². The summed E-state index contributed by atoms with van der Waals surface area (Å²) < 4.78 is 25.5. The van der Waals surface area contributed by atoms with Crippen LogP contribution in [0.25, 0.3) is 0 Å². The Hall–Kier alpha value is -3.62. The van der Waals surface area contributed by atoms with Gasteiger partial charge in [0, 0.05) is 60.7 Å². The standard InChI is InChI=1S/C17H26ClNO3S.C16H17N3O5S/c1-4-14(19-22-8-6-7-18)17-15(20)10-13(11-16(17)21)9-12(3)23-5-2;1-9-10(15(20)11-8-17-19(2)16(11)21)4-5-13(25(3,22)23)14(9)12-6-7-24-18-12/h6-7,12-13,20H,4-5,8-11H2,1-3H3;4-5,8,17H,6-7H2,1-3H3/b7-6+,19-14+;. The van der Waals surface area contributed by atoms with Crippen molar-refractivity contribution in [1.29, 1.82) is 0 Å². The molecule has 0 radical (unpaired) electrons. The minimum atomic E-state index is -3.52. The van der Waals surface area contributed by atoms with E-state index in [0.29, 0.717) is 65.7 Å². The summed E-state index contributed by atoms with van der Waals surface area (Å²) in [6.45, 7) is 8.44. The highest BCUT2D eigenvalue weighted by Crippen LogP contribution is 2.33. The minimum Gasteiger partial charge on any atom is -0.511 e. The molecule has 2 N–H and O–H groups in total. The van der Waals surface area contributed by atoms with Gasteiger partial charge in [-0.15, -0.1) is 0 Å². The van der Waals surface area contributed by atoms with Crippen LogP contribution < -0.4 is 5.56 Å². The molecule has 1 aromatic heterocycles. The number of H-pyrrole nitrogens is 1. The molecule has 0 saturated heterocycles. The number of Topliss-reactive ketones (excluding diaryl/α,β-unsaturated/α-hetero) is 1. The highest BCUT2D eigenvalue weighted by molar-refractivity contribution is 7.99. The molecule has 48 heavy (non-hydrogen) atoms. The maximum Gasteiger partial charge on any atom is 0.277 e. The van der Waals surface area contributed by atoms with Gasteiger partial charge in [-0.1, -0.05) is 42.7 Å². The molecule has 0 amide bonds. The molecule has 1 aliphatic carbocycles. The quantitative estimate of drug-likeness (QED) is 0.115. The van der Waals surface area contributed by atoms with Gasteiger partial charge in [0.05, 0.1) is 21.9 Å². The van der Waals surface area contributed by atoms with Crippen molar-refractivity contribution in [3.8, 4) is 0 Å². The van der Waals surface area contributed by atoms with Gasteiger partial charge >= 0.3 is 0 Å². The van der Waals surface area contributed by atoms with Crippen LogP contribution in [0.3, 0.4) is 0 Å². The number of ketones is 2. The molecule has 262 valence electrons. The van der Waals surface area contributed by atoms with Gasteiger partial charge in [-0.3, -0.25) is 19.1 Å². The monoisotopic (exact) mass is 722 g/mol. The fraction of sp³-hybridized carbons (Fsp3) is 0.485. The lowest BCUT2D eigenvalue weighted by molar-refractivity contribution is -0.116. The number of aliphatic hydroxyl groups is 1. The third-order valence-electron chi connectivity index (χ3n) is 7.84. The molecule has 2 aromatic rings. The second-order valence-electron chi connectivity index (χ2n) is 11.5. The number of hydrogen-bond acceptors (Lipinski definition) is 11. The third-order valence-corrected chi connectivity index (χ3v) is 10.3. The number of aryl methyl sites for hydroxylation is 1. The zero-order chi connectivity index (χ0) is 35.6. The summed E-state index contributed by atoms with van der Waals surface area (Å²) >= 11 is 7.30. The van der Waals surface area contributed by atoms with Gasteiger partial charge in [-0.05, 0) is 55.2 Å². The Labute approximate surface area is 290 Å². The number of nitrogens with one attached hydrogen (secondary N) is 1. The Morgan fingerprint density at radius 2 is 2.02 bits per heavy atom. The fourth-order valence-electron chi connectivity index (χ4n) is 5.62. The first-order chi connectivity index (χ1) is 22.7. The Morgan fingerprint density at radius 1 is 1.29 bits per heavy atom. The predicted octanol–water partition coefficient (Wildman–Crippen LogP) is 5.63. The van der Waals surface area contributed by atoms with E-state index in [1.807, 2.05) is 18.7 Å². The number of carbonyl (C=O) groups excluding carboxylic acids is 2. The molecule has 1 aliphatic heterocycles.